The minimum atomic E-state index is -0.268. The van der Waals surface area contributed by atoms with Crippen molar-refractivity contribution in [3.63, 3.8) is 0 Å². The highest BCUT2D eigenvalue weighted by atomic mass is 127. The van der Waals surface area contributed by atoms with Gasteiger partial charge in [0.2, 0.25) is 0 Å². The van der Waals surface area contributed by atoms with Crippen LogP contribution in [-0.2, 0) is 0 Å². The molecule has 0 saturated heterocycles. The number of hydrogen-bond acceptors (Lipinski definition) is 2. The van der Waals surface area contributed by atoms with Gasteiger partial charge in [-0.1, -0.05) is 6.08 Å². The molecule has 1 rings (SSSR count). The molecule has 0 aromatic heterocycles. The maximum absolute atomic E-state index is 9.11. The Labute approximate surface area is 68.8 Å². The molecule has 0 aliphatic heterocycles. The fourth-order valence-corrected chi connectivity index (χ4v) is 1.70. The number of halogens is 1. The Bertz CT molecular complexity index is 133. The van der Waals surface area contributed by atoms with Crippen molar-refractivity contribution in [2.24, 2.45) is 0 Å². The number of aliphatic hydroxyl groups is 1. The molecule has 2 N–H and O–H groups in total. The molecule has 1 aliphatic rings. The second-order valence-corrected chi connectivity index (χ2v) is 2.93. The number of aliphatic hydroxyl groups excluding tert-OH is 1. The van der Waals surface area contributed by atoms with Gasteiger partial charge in [-0.05, 0) is 18.9 Å². The minimum Gasteiger partial charge on any atom is -0.391 e. The molecule has 0 spiro atoms. The molecule has 0 amide bonds. The summed E-state index contributed by atoms with van der Waals surface area (Å²) in [6, 6.07) is 0.186. The van der Waals surface area contributed by atoms with Crippen LogP contribution in [0.5, 0.6) is 0 Å². The van der Waals surface area contributed by atoms with Gasteiger partial charge in [-0.3, -0.25) is 3.53 Å². The van der Waals surface area contributed by atoms with Gasteiger partial charge >= 0.3 is 0 Å². The van der Waals surface area contributed by atoms with E-state index in [-0.39, 0.29) is 12.1 Å². The monoisotopic (exact) mass is 239 g/mol. The second kappa shape index (κ2) is 2.98. The van der Waals surface area contributed by atoms with E-state index >= 15 is 0 Å². The largest absolute Gasteiger partial charge is 0.391 e. The topological polar surface area (TPSA) is 32.3 Å². The van der Waals surface area contributed by atoms with E-state index in [1.807, 2.05) is 0 Å². The van der Waals surface area contributed by atoms with Gasteiger partial charge in [0.05, 0.1) is 12.1 Å². The van der Waals surface area contributed by atoms with Gasteiger partial charge in [0.15, 0.2) is 0 Å². The minimum absolute atomic E-state index is 0.186. The van der Waals surface area contributed by atoms with Crippen LogP contribution in [0.2, 0.25) is 0 Å². The van der Waals surface area contributed by atoms with Crippen LogP contribution in [0.1, 0.15) is 13.3 Å². The Kier molecular flexibility index (Phi) is 2.49. The number of hydrogen-bond donors (Lipinski definition) is 2. The van der Waals surface area contributed by atoms with Crippen molar-refractivity contribution in [1.82, 2.24) is 3.53 Å². The molecule has 2 atom stereocenters. The predicted octanol–water partition coefficient (Wildman–Crippen LogP) is 1.01. The Morgan fingerprint density at radius 1 is 1.89 bits per heavy atom. The number of allylic oxidation sites excluding steroid dienone is 1. The predicted molar refractivity (Wildman–Crippen MR) is 45.3 cm³/mol. The van der Waals surface area contributed by atoms with Crippen LogP contribution >= 0.6 is 22.9 Å². The Balaban J connectivity index is 2.38. The molecular formula is C6H10INO. The Morgan fingerprint density at radius 3 is 2.56 bits per heavy atom. The van der Waals surface area contributed by atoms with Crippen LogP contribution in [0, 0.1) is 0 Å². The van der Waals surface area contributed by atoms with Gasteiger partial charge in [0.25, 0.3) is 0 Å². The Morgan fingerprint density at radius 2 is 2.44 bits per heavy atom. The lowest BCUT2D eigenvalue weighted by atomic mass is 10.1. The molecule has 1 aliphatic carbocycles. The van der Waals surface area contributed by atoms with Crippen LogP contribution in [0.4, 0.5) is 0 Å². The van der Waals surface area contributed by atoms with Gasteiger partial charge in [0.1, 0.15) is 0 Å². The van der Waals surface area contributed by atoms with Crippen molar-refractivity contribution in [3.05, 3.63) is 11.6 Å². The quantitative estimate of drug-likeness (QED) is 0.437. The molecule has 0 aromatic rings. The highest BCUT2D eigenvalue weighted by molar-refractivity contribution is 14.1. The van der Waals surface area contributed by atoms with Crippen molar-refractivity contribution in [3.8, 4) is 0 Å². The van der Waals surface area contributed by atoms with E-state index in [0.717, 1.165) is 6.42 Å². The summed E-state index contributed by atoms with van der Waals surface area (Å²) in [4.78, 5) is 0. The summed E-state index contributed by atoms with van der Waals surface area (Å²) in [6.07, 6.45) is 2.94. The van der Waals surface area contributed by atoms with Gasteiger partial charge in [-0.2, -0.15) is 0 Å². The van der Waals surface area contributed by atoms with Crippen LogP contribution in [-0.4, -0.2) is 17.3 Å². The van der Waals surface area contributed by atoms with Gasteiger partial charge in [0, 0.05) is 22.9 Å². The molecule has 3 heteroatoms. The highest BCUT2D eigenvalue weighted by Gasteiger charge is 2.23. The zero-order valence-corrected chi connectivity index (χ0v) is 7.42. The van der Waals surface area contributed by atoms with Crippen LogP contribution in [0.3, 0.4) is 0 Å². The van der Waals surface area contributed by atoms with E-state index < -0.39 is 0 Å². The summed E-state index contributed by atoms with van der Waals surface area (Å²) in [7, 11) is 0. The molecule has 1 unspecified atom stereocenters. The van der Waals surface area contributed by atoms with E-state index in [0.29, 0.717) is 0 Å². The molecular weight excluding hydrogens is 229 g/mol. The van der Waals surface area contributed by atoms with Gasteiger partial charge in [-0.15, -0.1) is 0 Å². The van der Waals surface area contributed by atoms with E-state index in [2.05, 4.69) is 32.5 Å². The summed E-state index contributed by atoms with van der Waals surface area (Å²) in [5.41, 5.74) is 1.33. The zero-order valence-electron chi connectivity index (χ0n) is 5.26. The standard InChI is InChI=1S/C6H10INO/c1-4(9)6(8-7)5-2-3-5/h2,4,6,8-9H,3H2,1H3/t4?,6-/m1/s1. The lowest BCUT2D eigenvalue weighted by molar-refractivity contribution is 0.174. The molecule has 0 bridgehead atoms. The van der Waals surface area contributed by atoms with E-state index in [1.54, 1.807) is 6.92 Å². The van der Waals surface area contributed by atoms with E-state index in [9.17, 15) is 0 Å². The lowest BCUT2D eigenvalue weighted by Gasteiger charge is -2.14. The third-order valence-electron chi connectivity index (χ3n) is 1.44. The van der Waals surface area contributed by atoms with Crippen molar-refractivity contribution in [1.29, 1.82) is 0 Å². The van der Waals surface area contributed by atoms with E-state index in [1.165, 1.54) is 5.57 Å². The molecule has 52 valence electrons. The fourth-order valence-electron chi connectivity index (χ4n) is 0.784. The molecule has 9 heavy (non-hydrogen) atoms. The molecule has 0 saturated carbocycles. The maximum Gasteiger partial charge on any atom is 0.0710 e. The van der Waals surface area contributed by atoms with Crippen LogP contribution < -0.4 is 3.53 Å². The van der Waals surface area contributed by atoms with Crippen molar-refractivity contribution in [2.75, 3.05) is 0 Å². The molecule has 0 fully saturated rings. The summed E-state index contributed by atoms with van der Waals surface area (Å²) in [5, 5.41) is 9.11. The number of rotatable bonds is 3. The normalized spacial score (nSPS) is 22.8. The van der Waals surface area contributed by atoms with Gasteiger partial charge in [-0.25, -0.2) is 0 Å². The van der Waals surface area contributed by atoms with Crippen LogP contribution in [0.25, 0.3) is 0 Å². The molecule has 0 aromatic carbocycles. The average Bonchev–Trinajstić information content (AvgIpc) is 2.50. The van der Waals surface area contributed by atoms with E-state index in [4.69, 9.17) is 5.11 Å². The van der Waals surface area contributed by atoms with Crippen molar-refractivity contribution < 1.29 is 5.11 Å². The first-order chi connectivity index (χ1) is 4.25. The highest BCUT2D eigenvalue weighted by Crippen LogP contribution is 2.24. The first-order valence-corrected chi connectivity index (χ1v) is 4.06. The summed E-state index contributed by atoms with van der Waals surface area (Å²) >= 11 is 2.07. The van der Waals surface area contributed by atoms with Crippen molar-refractivity contribution in [2.45, 2.75) is 25.5 Å². The zero-order chi connectivity index (χ0) is 6.85. The average molecular weight is 239 g/mol. The molecule has 2 nitrogen and oxygen atoms in total. The third-order valence-corrected chi connectivity index (χ3v) is 2.11. The second-order valence-electron chi connectivity index (χ2n) is 2.31. The summed E-state index contributed by atoms with van der Waals surface area (Å²) < 4.78 is 3.02. The SMILES string of the molecule is CC(O)[C@@H](NI)C1=CC1. The lowest BCUT2D eigenvalue weighted by Crippen LogP contribution is -2.31. The molecule has 0 radical (unpaired) electrons. The summed E-state index contributed by atoms with van der Waals surface area (Å²) in [5.74, 6) is 0. The fraction of sp³-hybridized carbons (Fsp3) is 0.667. The third kappa shape index (κ3) is 1.91. The maximum atomic E-state index is 9.11. The summed E-state index contributed by atoms with van der Waals surface area (Å²) in [6.45, 7) is 1.80. The van der Waals surface area contributed by atoms with Crippen LogP contribution in [0.15, 0.2) is 11.6 Å². The smallest absolute Gasteiger partial charge is 0.0710 e. The Hall–Kier alpha value is 0.390. The van der Waals surface area contributed by atoms with Gasteiger partial charge < -0.3 is 5.11 Å². The first kappa shape index (κ1) is 7.50. The number of nitrogens with one attached hydrogen (secondary N) is 1. The van der Waals surface area contributed by atoms with Crippen molar-refractivity contribution >= 4 is 22.9 Å². The first-order valence-electron chi connectivity index (χ1n) is 2.99. The molecule has 0 heterocycles.